The normalized spacial score (nSPS) is 10.9. The van der Waals surface area contributed by atoms with Gasteiger partial charge in [-0.05, 0) is 25.0 Å². The highest BCUT2D eigenvalue weighted by atomic mass is 32.2. The van der Waals surface area contributed by atoms with Crippen LogP contribution in [0.3, 0.4) is 0 Å². The lowest BCUT2D eigenvalue weighted by Crippen LogP contribution is -2.08. The molecule has 0 bridgehead atoms. The Morgan fingerprint density at radius 1 is 1.47 bits per heavy atom. The summed E-state index contributed by atoms with van der Waals surface area (Å²) < 4.78 is 26.6. The molecule has 5 heteroatoms. The first-order valence-electron chi connectivity index (χ1n) is 4.56. The highest BCUT2D eigenvalue weighted by Gasteiger charge is 2.08. The minimum absolute atomic E-state index is 0.0183. The molecule has 1 rings (SSSR count). The third-order valence-corrected chi connectivity index (χ3v) is 2.99. The van der Waals surface area contributed by atoms with E-state index in [9.17, 15) is 8.42 Å². The van der Waals surface area contributed by atoms with Crippen LogP contribution in [0, 0.1) is 0 Å². The molecule has 0 aromatic carbocycles. The average molecular weight is 227 g/mol. The molecule has 0 aliphatic carbocycles. The van der Waals surface area contributed by atoms with E-state index in [1.54, 1.807) is 6.20 Å². The monoisotopic (exact) mass is 227 g/mol. The first-order valence-corrected chi connectivity index (χ1v) is 6.13. The quantitative estimate of drug-likeness (QED) is 0.546. The molecule has 4 nitrogen and oxygen atoms in total. The third-order valence-electron chi connectivity index (χ3n) is 1.77. The SMILES string of the molecule is C=COS(=O)(=O)CCCc1ccccn1. The molecule has 1 heterocycles. The Morgan fingerprint density at radius 3 is 2.87 bits per heavy atom. The first-order chi connectivity index (χ1) is 7.14. The van der Waals surface area contributed by atoms with Crippen LogP contribution in [0.4, 0.5) is 0 Å². The van der Waals surface area contributed by atoms with Crippen LogP contribution in [-0.4, -0.2) is 19.2 Å². The number of rotatable bonds is 6. The number of nitrogens with zero attached hydrogens (tertiary/aromatic N) is 1. The second-order valence-corrected chi connectivity index (χ2v) is 4.67. The van der Waals surface area contributed by atoms with Gasteiger partial charge in [-0.15, -0.1) is 0 Å². The highest BCUT2D eigenvalue weighted by Crippen LogP contribution is 2.02. The van der Waals surface area contributed by atoms with Crippen molar-refractivity contribution in [2.24, 2.45) is 0 Å². The standard InChI is InChI=1S/C10H13NO3S/c1-2-14-15(12,13)9-5-7-10-6-3-4-8-11-10/h2-4,6,8H,1,5,7,9H2. The Bertz CT molecular complexity index is 400. The van der Waals surface area contributed by atoms with Crippen molar-refractivity contribution in [3.8, 4) is 0 Å². The zero-order valence-electron chi connectivity index (χ0n) is 8.30. The van der Waals surface area contributed by atoms with Crippen molar-refractivity contribution in [3.05, 3.63) is 42.9 Å². The van der Waals surface area contributed by atoms with Crippen LogP contribution in [0.15, 0.2) is 37.2 Å². The van der Waals surface area contributed by atoms with Crippen molar-refractivity contribution in [3.63, 3.8) is 0 Å². The summed E-state index contributed by atoms with van der Waals surface area (Å²) in [6, 6.07) is 5.55. The smallest absolute Gasteiger partial charge is 0.308 e. The summed E-state index contributed by atoms with van der Waals surface area (Å²) in [5.74, 6) is -0.0183. The molecule has 0 atom stereocenters. The summed E-state index contributed by atoms with van der Waals surface area (Å²) in [6.07, 6.45) is 3.73. The van der Waals surface area contributed by atoms with E-state index in [1.807, 2.05) is 18.2 Å². The third kappa shape index (κ3) is 4.60. The van der Waals surface area contributed by atoms with Crippen molar-refractivity contribution in [2.75, 3.05) is 5.75 Å². The van der Waals surface area contributed by atoms with Gasteiger partial charge in [-0.3, -0.25) is 4.98 Å². The number of aromatic nitrogens is 1. The largest absolute Gasteiger partial charge is 0.391 e. The summed E-state index contributed by atoms with van der Waals surface area (Å²) in [6.45, 7) is 3.20. The van der Waals surface area contributed by atoms with E-state index in [0.717, 1.165) is 12.0 Å². The summed E-state index contributed by atoms with van der Waals surface area (Å²) >= 11 is 0. The Hall–Kier alpha value is -1.36. The van der Waals surface area contributed by atoms with Gasteiger partial charge >= 0.3 is 10.1 Å². The van der Waals surface area contributed by atoms with Crippen LogP contribution in [0.2, 0.25) is 0 Å². The Labute approximate surface area is 89.7 Å². The van der Waals surface area contributed by atoms with E-state index < -0.39 is 10.1 Å². The molecular formula is C10H13NO3S. The number of aryl methyl sites for hydroxylation is 1. The molecule has 0 radical (unpaired) electrons. The Morgan fingerprint density at radius 2 is 2.27 bits per heavy atom. The van der Waals surface area contributed by atoms with Gasteiger partial charge in [0.1, 0.15) is 0 Å². The maximum absolute atomic E-state index is 11.1. The fourth-order valence-corrected chi connectivity index (χ4v) is 1.93. The lowest BCUT2D eigenvalue weighted by molar-refractivity contribution is 0.443. The Balaban J connectivity index is 2.37. The molecule has 1 aromatic rings. The molecule has 82 valence electrons. The van der Waals surface area contributed by atoms with Gasteiger partial charge < -0.3 is 4.18 Å². The van der Waals surface area contributed by atoms with Gasteiger partial charge in [0.15, 0.2) is 0 Å². The van der Waals surface area contributed by atoms with Gasteiger partial charge in [0.05, 0.1) is 12.0 Å². The van der Waals surface area contributed by atoms with Crippen LogP contribution < -0.4 is 0 Å². The molecule has 0 saturated carbocycles. The van der Waals surface area contributed by atoms with Crippen molar-refractivity contribution >= 4 is 10.1 Å². The molecular weight excluding hydrogens is 214 g/mol. The molecule has 0 aliphatic heterocycles. The van der Waals surface area contributed by atoms with E-state index in [4.69, 9.17) is 0 Å². The minimum atomic E-state index is -3.45. The van der Waals surface area contributed by atoms with Gasteiger partial charge in [-0.1, -0.05) is 12.6 Å². The van der Waals surface area contributed by atoms with Crippen molar-refractivity contribution in [1.82, 2.24) is 4.98 Å². The molecule has 0 fully saturated rings. The lowest BCUT2D eigenvalue weighted by atomic mass is 10.2. The fraction of sp³-hybridized carbons (Fsp3) is 0.300. The molecule has 0 aliphatic rings. The van der Waals surface area contributed by atoms with E-state index in [0.29, 0.717) is 12.8 Å². The second-order valence-electron chi connectivity index (χ2n) is 2.95. The van der Waals surface area contributed by atoms with Gasteiger partial charge in [0, 0.05) is 11.9 Å². The fourth-order valence-electron chi connectivity index (χ4n) is 1.13. The van der Waals surface area contributed by atoms with Crippen LogP contribution in [0.25, 0.3) is 0 Å². The zero-order valence-corrected chi connectivity index (χ0v) is 9.11. The van der Waals surface area contributed by atoms with E-state index in [-0.39, 0.29) is 5.75 Å². The molecule has 0 N–H and O–H groups in total. The van der Waals surface area contributed by atoms with Gasteiger partial charge in [-0.2, -0.15) is 8.42 Å². The molecule has 0 spiro atoms. The van der Waals surface area contributed by atoms with Crippen LogP contribution in [-0.2, 0) is 20.7 Å². The topological polar surface area (TPSA) is 56.3 Å². The first kappa shape index (κ1) is 11.7. The second kappa shape index (κ2) is 5.50. The van der Waals surface area contributed by atoms with Crippen LogP contribution in [0.1, 0.15) is 12.1 Å². The molecule has 0 unspecified atom stereocenters. The molecule has 0 amide bonds. The minimum Gasteiger partial charge on any atom is -0.391 e. The summed E-state index contributed by atoms with van der Waals surface area (Å²) in [7, 11) is -3.45. The summed E-state index contributed by atoms with van der Waals surface area (Å²) in [5.41, 5.74) is 0.881. The Kier molecular flexibility index (Phi) is 4.30. The highest BCUT2D eigenvalue weighted by molar-refractivity contribution is 7.86. The average Bonchev–Trinajstić information content (AvgIpc) is 2.19. The number of hydrogen-bond donors (Lipinski definition) is 0. The number of hydrogen-bond acceptors (Lipinski definition) is 4. The summed E-state index contributed by atoms with van der Waals surface area (Å²) in [5, 5.41) is 0. The van der Waals surface area contributed by atoms with Crippen LogP contribution in [0.5, 0.6) is 0 Å². The van der Waals surface area contributed by atoms with Gasteiger partial charge in [-0.25, -0.2) is 0 Å². The van der Waals surface area contributed by atoms with Gasteiger partial charge in [0.25, 0.3) is 0 Å². The van der Waals surface area contributed by atoms with Crippen molar-refractivity contribution in [2.45, 2.75) is 12.8 Å². The maximum atomic E-state index is 11.1. The van der Waals surface area contributed by atoms with Crippen molar-refractivity contribution < 1.29 is 12.6 Å². The van der Waals surface area contributed by atoms with E-state index in [2.05, 4.69) is 15.7 Å². The zero-order chi connectivity index (χ0) is 11.1. The lowest BCUT2D eigenvalue weighted by Gasteiger charge is -2.02. The molecule has 0 saturated heterocycles. The van der Waals surface area contributed by atoms with E-state index >= 15 is 0 Å². The molecule has 15 heavy (non-hydrogen) atoms. The predicted octanol–water partition coefficient (Wildman–Crippen LogP) is 1.50. The van der Waals surface area contributed by atoms with Crippen molar-refractivity contribution in [1.29, 1.82) is 0 Å². The number of pyridine rings is 1. The molecule has 1 aromatic heterocycles. The summed E-state index contributed by atoms with van der Waals surface area (Å²) in [4.78, 5) is 4.09. The predicted molar refractivity (Wildman–Crippen MR) is 57.6 cm³/mol. The maximum Gasteiger partial charge on any atom is 0.308 e. The van der Waals surface area contributed by atoms with Gasteiger partial charge in [0.2, 0.25) is 0 Å². The van der Waals surface area contributed by atoms with Crippen LogP contribution >= 0.6 is 0 Å². The van der Waals surface area contributed by atoms with E-state index in [1.165, 1.54) is 0 Å².